The smallest absolute Gasteiger partial charge is 0.156 e. The van der Waals surface area contributed by atoms with Crippen LogP contribution in [0.2, 0.25) is 0 Å². The Kier molecular flexibility index (Phi) is 3.94. The first-order chi connectivity index (χ1) is 4.54. The molecular weight excluding hydrogens is 148 g/mol. The topological polar surface area (TPSA) is 34.1 Å². The molecule has 1 unspecified atom stereocenters. The summed E-state index contributed by atoms with van der Waals surface area (Å²) >= 11 is 0. The number of rotatable bonds is 4. The zero-order valence-electron chi connectivity index (χ0n) is 6.79. The normalized spacial score (nSPS) is 15.1. The van der Waals surface area contributed by atoms with Crippen LogP contribution in [0.1, 0.15) is 33.6 Å². The molecule has 0 amide bonds. The zero-order chi connectivity index (χ0) is 8.20. The van der Waals surface area contributed by atoms with E-state index < -0.39 is 9.84 Å². The average molecular weight is 163 g/mol. The van der Waals surface area contributed by atoms with Gasteiger partial charge in [0.15, 0.2) is 9.84 Å². The number of sulfone groups is 1. The maximum absolute atomic E-state index is 11.0. The third-order valence-corrected chi connectivity index (χ3v) is 3.60. The molecule has 0 aliphatic heterocycles. The van der Waals surface area contributed by atoms with Crippen LogP contribution in [0.15, 0.2) is 0 Å². The lowest BCUT2D eigenvalue weighted by molar-refractivity contribution is 0.581. The summed E-state index contributed by atoms with van der Waals surface area (Å²) in [6.45, 7) is 5.31. The molecule has 1 radical (unpaired) electrons. The first kappa shape index (κ1) is 9.95. The maximum Gasteiger partial charge on any atom is 0.156 e. The van der Waals surface area contributed by atoms with Crippen LogP contribution in [-0.2, 0) is 9.84 Å². The molecule has 0 rings (SSSR count). The molecule has 0 aromatic heterocycles. The van der Waals surface area contributed by atoms with Crippen LogP contribution in [0, 0.1) is 5.75 Å². The predicted octanol–water partition coefficient (Wildman–Crippen LogP) is 1.77. The summed E-state index contributed by atoms with van der Waals surface area (Å²) in [7, 11) is -2.89. The van der Waals surface area contributed by atoms with Gasteiger partial charge in [0.25, 0.3) is 0 Å². The van der Waals surface area contributed by atoms with E-state index in [0.717, 1.165) is 12.8 Å². The molecule has 2 nitrogen and oxygen atoms in total. The lowest BCUT2D eigenvalue weighted by Crippen LogP contribution is -2.16. The van der Waals surface area contributed by atoms with Gasteiger partial charge in [-0.1, -0.05) is 13.3 Å². The Balaban J connectivity index is 4.06. The van der Waals surface area contributed by atoms with Gasteiger partial charge in [0.2, 0.25) is 0 Å². The number of hydrogen-bond donors (Lipinski definition) is 0. The molecule has 0 aliphatic rings. The maximum atomic E-state index is 11.0. The summed E-state index contributed by atoms with van der Waals surface area (Å²) < 4.78 is 22.1. The molecule has 0 fully saturated rings. The monoisotopic (exact) mass is 163 g/mol. The van der Waals surface area contributed by atoms with Crippen LogP contribution in [0.5, 0.6) is 0 Å². The Labute approximate surface area is 63.6 Å². The van der Waals surface area contributed by atoms with E-state index in [1.165, 1.54) is 5.75 Å². The van der Waals surface area contributed by atoms with Gasteiger partial charge in [-0.2, -0.15) is 0 Å². The van der Waals surface area contributed by atoms with Crippen molar-refractivity contribution in [2.45, 2.75) is 38.9 Å². The highest BCUT2D eigenvalue weighted by atomic mass is 32.2. The van der Waals surface area contributed by atoms with E-state index in [0.29, 0.717) is 0 Å². The Morgan fingerprint density at radius 1 is 1.50 bits per heavy atom. The first-order valence-electron chi connectivity index (χ1n) is 3.57. The van der Waals surface area contributed by atoms with Crippen LogP contribution in [0.4, 0.5) is 0 Å². The molecule has 0 bridgehead atoms. The van der Waals surface area contributed by atoms with Gasteiger partial charge in [0.05, 0.1) is 11.0 Å². The molecule has 10 heavy (non-hydrogen) atoms. The molecule has 3 heteroatoms. The molecule has 0 aromatic carbocycles. The molecule has 0 saturated heterocycles. The summed E-state index contributed by atoms with van der Waals surface area (Å²) in [4.78, 5) is 0. The quantitative estimate of drug-likeness (QED) is 0.633. The highest BCUT2D eigenvalue weighted by Gasteiger charge is 2.16. The van der Waals surface area contributed by atoms with Gasteiger partial charge >= 0.3 is 0 Å². The number of hydrogen-bond acceptors (Lipinski definition) is 2. The minimum absolute atomic E-state index is 0.206. The van der Waals surface area contributed by atoms with Crippen molar-refractivity contribution >= 4 is 9.84 Å². The van der Waals surface area contributed by atoms with Crippen LogP contribution < -0.4 is 0 Å². The fourth-order valence-corrected chi connectivity index (χ4v) is 1.83. The molecule has 0 saturated carbocycles. The van der Waals surface area contributed by atoms with Crippen molar-refractivity contribution in [2.75, 3.05) is 0 Å². The molecule has 61 valence electrons. The fourth-order valence-electron chi connectivity index (χ4n) is 0.803. The van der Waals surface area contributed by atoms with Gasteiger partial charge in [-0.25, -0.2) is 8.42 Å². The molecule has 0 aromatic rings. The van der Waals surface area contributed by atoms with Crippen molar-refractivity contribution < 1.29 is 8.42 Å². The van der Waals surface area contributed by atoms with Gasteiger partial charge < -0.3 is 0 Å². The Morgan fingerprint density at radius 3 is 2.30 bits per heavy atom. The van der Waals surface area contributed by atoms with Crippen molar-refractivity contribution in [1.82, 2.24) is 0 Å². The highest BCUT2D eigenvalue weighted by molar-refractivity contribution is 7.93. The second kappa shape index (κ2) is 3.96. The highest BCUT2D eigenvalue weighted by Crippen LogP contribution is 2.10. The SMILES string of the molecule is C[CH]S(=O)(=O)C(C)CCC. The van der Waals surface area contributed by atoms with Crippen LogP contribution >= 0.6 is 0 Å². The zero-order valence-corrected chi connectivity index (χ0v) is 7.61. The van der Waals surface area contributed by atoms with Gasteiger partial charge in [0, 0.05) is 0 Å². The second-order valence-electron chi connectivity index (χ2n) is 2.42. The van der Waals surface area contributed by atoms with Gasteiger partial charge in [-0.15, -0.1) is 0 Å². The predicted molar refractivity (Wildman–Crippen MR) is 43.3 cm³/mol. The van der Waals surface area contributed by atoms with Gasteiger partial charge in [0.1, 0.15) is 0 Å². The first-order valence-corrected chi connectivity index (χ1v) is 5.18. The average Bonchev–Trinajstić information content (AvgIpc) is 1.89. The largest absolute Gasteiger partial charge is 0.228 e. The van der Waals surface area contributed by atoms with Crippen molar-refractivity contribution in [2.24, 2.45) is 0 Å². The Morgan fingerprint density at radius 2 is 2.00 bits per heavy atom. The molecule has 0 spiro atoms. The van der Waals surface area contributed by atoms with Gasteiger partial charge in [-0.3, -0.25) is 0 Å². The van der Waals surface area contributed by atoms with E-state index >= 15 is 0 Å². The summed E-state index contributed by atoms with van der Waals surface area (Å²) in [5.41, 5.74) is 0. The van der Waals surface area contributed by atoms with Crippen molar-refractivity contribution in [1.29, 1.82) is 0 Å². The minimum atomic E-state index is -2.89. The summed E-state index contributed by atoms with van der Waals surface area (Å²) in [6, 6.07) is 0. The molecule has 0 aliphatic carbocycles. The summed E-state index contributed by atoms with van der Waals surface area (Å²) in [5.74, 6) is 1.29. The molecular formula is C7H15O2S. The van der Waals surface area contributed by atoms with Crippen LogP contribution in [0.25, 0.3) is 0 Å². The van der Waals surface area contributed by atoms with Crippen molar-refractivity contribution in [3.8, 4) is 0 Å². The third-order valence-electron chi connectivity index (χ3n) is 1.58. The van der Waals surface area contributed by atoms with Crippen LogP contribution in [0.3, 0.4) is 0 Å². The molecule has 0 N–H and O–H groups in total. The van der Waals surface area contributed by atoms with Crippen LogP contribution in [-0.4, -0.2) is 13.7 Å². The lowest BCUT2D eigenvalue weighted by atomic mass is 10.3. The summed E-state index contributed by atoms with van der Waals surface area (Å²) in [5, 5.41) is -0.206. The standard InChI is InChI=1S/C7H15O2S/c1-4-6-7(3)10(8,9)5-2/h5,7H,4,6H2,1-3H3. The van der Waals surface area contributed by atoms with E-state index in [1.54, 1.807) is 13.8 Å². The van der Waals surface area contributed by atoms with E-state index in [9.17, 15) is 8.42 Å². The second-order valence-corrected chi connectivity index (χ2v) is 4.88. The van der Waals surface area contributed by atoms with Gasteiger partial charge in [-0.05, 0) is 20.3 Å². The van der Waals surface area contributed by atoms with E-state index in [-0.39, 0.29) is 5.25 Å². The van der Waals surface area contributed by atoms with Crippen molar-refractivity contribution in [3.63, 3.8) is 0 Å². The fraction of sp³-hybridized carbons (Fsp3) is 0.857. The van der Waals surface area contributed by atoms with E-state index in [1.807, 2.05) is 6.92 Å². The van der Waals surface area contributed by atoms with Crippen molar-refractivity contribution in [3.05, 3.63) is 5.75 Å². The summed E-state index contributed by atoms with van der Waals surface area (Å²) in [6.07, 6.45) is 1.68. The Hall–Kier alpha value is -0.0500. The minimum Gasteiger partial charge on any atom is -0.228 e. The lowest BCUT2D eigenvalue weighted by Gasteiger charge is -2.07. The van der Waals surface area contributed by atoms with E-state index in [4.69, 9.17) is 0 Å². The molecule has 0 heterocycles. The third kappa shape index (κ3) is 2.69. The Bertz CT molecular complexity index is 170. The van der Waals surface area contributed by atoms with E-state index in [2.05, 4.69) is 0 Å². The molecule has 1 atom stereocenters.